The molecule has 0 bridgehead atoms. The lowest BCUT2D eigenvalue weighted by Crippen LogP contribution is -2.35. The van der Waals surface area contributed by atoms with Gasteiger partial charge in [-0.2, -0.15) is 0 Å². The molecule has 2 rings (SSSR count). The van der Waals surface area contributed by atoms with Crippen LogP contribution >= 0.6 is 0 Å². The van der Waals surface area contributed by atoms with Gasteiger partial charge in [0.25, 0.3) is 11.8 Å². The molecule has 1 aliphatic heterocycles. The van der Waals surface area contributed by atoms with Gasteiger partial charge in [0.1, 0.15) is 11.4 Å². The van der Waals surface area contributed by atoms with Crippen molar-refractivity contribution in [3.63, 3.8) is 0 Å². The molecule has 2 amide bonds. The summed E-state index contributed by atoms with van der Waals surface area (Å²) < 4.78 is 5.66. The van der Waals surface area contributed by atoms with E-state index in [1.54, 1.807) is 24.1 Å². The summed E-state index contributed by atoms with van der Waals surface area (Å²) >= 11 is 0. The number of amides is 2. The monoisotopic (exact) mass is 374 g/mol. The van der Waals surface area contributed by atoms with Gasteiger partial charge >= 0.3 is 0 Å². The maximum atomic E-state index is 13.0. The van der Waals surface area contributed by atoms with E-state index in [1.165, 1.54) is 4.90 Å². The number of imide groups is 1. The number of unbranched alkanes of at least 4 members (excludes halogenated alkanes) is 2. The first-order valence-electron chi connectivity index (χ1n) is 9.60. The fraction of sp³-hybridized carbons (Fsp3) is 0.524. The molecule has 0 unspecified atom stereocenters. The molecule has 1 N–H and O–H groups in total. The Morgan fingerprint density at radius 2 is 1.78 bits per heavy atom. The van der Waals surface area contributed by atoms with Crippen LogP contribution in [0.5, 0.6) is 5.75 Å². The predicted octanol–water partition coefficient (Wildman–Crippen LogP) is 2.67. The van der Waals surface area contributed by atoms with Gasteiger partial charge in [-0.15, -0.1) is 0 Å². The highest BCUT2D eigenvalue weighted by atomic mass is 16.5. The van der Waals surface area contributed by atoms with E-state index in [4.69, 9.17) is 4.74 Å². The van der Waals surface area contributed by atoms with Crippen molar-refractivity contribution in [1.82, 2.24) is 9.80 Å². The van der Waals surface area contributed by atoms with Gasteiger partial charge < -0.3 is 14.7 Å². The molecular weight excluding hydrogens is 344 g/mol. The fourth-order valence-corrected chi connectivity index (χ4v) is 3.13. The van der Waals surface area contributed by atoms with Gasteiger partial charge in [-0.05, 0) is 38.0 Å². The van der Waals surface area contributed by atoms with Gasteiger partial charge in [0, 0.05) is 20.1 Å². The molecule has 0 atom stereocenters. The van der Waals surface area contributed by atoms with Crippen LogP contribution in [-0.4, -0.2) is 59.6 Å². The number of hydrogen-bond donors (Lipinski definition) is 1. The van der Waals surface area contributed by atoms with Crippen molar-refractivity contribution in [1.29, 1.82) is 0 Å². The number of hydrogen-bond acceptors (Lipinski definition) is 5. The highest BCUT2D eigenvalue weighted by Crippen LogP contribution is 2.32. The van der Waals surface area contributed by atoms with Crippen LogP contribution in [0.3, 0.4) is 0 Å². The highest BCUT2D eigenvalue weighted by Gasteiger charge is 2.40. The van der Waals surface area contributed by atoms with Crippen LogP contribution in [0.25, 0.3) is 5.57 Å². The van der Waals surface area contributed by atoms with Crippen LogP contribution in [0.15, 0.2) is 30.0 Å². The van der Waals surface area contributed by atoms with Crippen LogP contribution in [0.1, 0.15) is 45.6 Å². The third kappa shape index (κ3) is 4.89. The van der Waals surface area contributed by atoms with Crippen molar-refractivity contribution >= 4 is 17.4 Å². The molecule has 1 aliphatic rings. The van der Waals surface area contributed by atoms with Gasteiger partial charge in [-0.25, -0.2) is 0 Å². The van der Waals surface area contributed by atoms with Crippen molar-refractivity contribution in [2.75, 3.05) is 26.7 Å². The number of carbonyl (C=O) groups is 2. The van der Waals surface area contributed by atoms with Crippen molar-refractivity contribution in [3.8, 4) is 5.75 Å². The summed E-state index contributed by atoms with van der Waals surface area (Å²) in [6, 6.07) is 7.23. The van der Waals surface area contributed by atoms with Gasteiger partial charge in [-0.3, -0.25) is 14.5 Å². The van der Waals surface area contributed by atoms with Crippen molar-refractivity contribution in [2.45, 2.75) is 46.1 Å². The quantitative estimate of drug-likeness (QED) is 0.504. The van der Waals surface area contributed by atoms with Crippen LogP contribution < -0.4 is 4.74 Å². The first-order chi connectivity index (χ1) is 12.9. The van der Waals surface area contributed by atoms with E-state index in [0.29, 0.717) is 23.4 Å². The molecule has 0 fully saturated rings. The molecule has 1 aromatic carbocycles. The summed E-state index contributed by atoms with van der Waals surface area (Å²) in [5, 5.41) is 9.27. The normalized spacial score (nSPS) is 14.5. The van der Waals surface area contributed by atoms with E-state index in [2.05, 4.69) is 6.92 Å². The molecule has 1 aromatic rings. The Morgan fingerprint density at radius 1 is 1.11 bits per heavy atom. The second-order valence-corrected chi connectivity index (χ2v) is 7.03. The Kier molecular flexibility index (Phi) is 7.42. The zero-order valence-corrected chi connectivity index (χ0v) is 16.7. The first kappa shape index (κ1) is 21.0. The van der Waals surface area contributed by atoms with Crippen molar-refractivity contribution in [2.24, 2.45) is 0 Å². The van der Waals surface area contributed by atoms with Crippen LogP contribution in [0, 0.1) is 0 Å². The van der Waals surface area contributed by atoms with Crippen molar-refractivity contribution in [3.05, 3.63) is 35.5 Å². The second-order valence-electron chi connectivity index (χ2n) is 7.03. The Labute approximate surface area is 161 Å². The maximum absolute atomic E-state index is 13.0. The predicted molar refractivity (Wildman–Crippen MR) is 105 cm³/mol. The minimum atomic E-state index is -0.287. The SMILES string of the molecule is CCCCCN1C(=O)C(c2ccc(OC(C)C)cc2)=C(N(C)CCO)C1=O. The molecule has 0 saturated carbocycles. The minimum Gasteiger partial charge on any atom is -0.491 e. The van der Waals surface area contributed by atoms with Gasteiger partial charge in [-0.1, -0.05) is 31.9 Å². The van der Waals surface area contributed by atoms with E-state index in [1.807, 2.05) is 26.0 Å². The lowest BCUT2D eigenvalue weighted by Gasteiger charge is -2.20. The van der Waals surface area contributed by atoms with E-state index in [0.717, 1.165) is 25.0 Å². The summed E-state index contributed by atoms with van der Waals surface area (Å²) in [7, 11) is 1.72. The van der Waals surface area contributed by atoms with E-state index in [-0.39, 0.29) is 31.1 Å². The molecule has 0 aliphatic carbocycles. The lowest BCUT2D eigenvalue weighted by molar-refractivity contribution is -0.137. The van der Waals surface area contributed by atoms with E-state index in [9.17, 15) is 14.7 Å². The summed E-state index contributed by atoms with van der Waals surface area (Å²) in [5.74, 6) is 0.161. The summed E-state index contributed by atoms with van der Waals surface area (Å²) in [6.07, 6.45) is 2.84. The average Bonchev–Trinajstić information content (AvgIpc) is 2.87. The van der Waals surface area contributed by atoms with Crippen LogP contribution in [0.2, 0.25) is 0 Å². The Balaban J connectivity index is 2.37. The molecule has 27 heavy (non-hydrogen) atoms. The molecule has 0 spiro atoms. The maximum Gasteiger partial charge on any atom is 0.277 e. The molecule has 0 radical (unpaired) electrons. The van der Waals surface area contributed by atoms with E-state index < -0.39 is 0 Å². The average molecular weight is 374 g/mol. The molecule has 1 heterocycles. The number of aliphatic hydroxyl groups is 1. The largest absolute Gasteiger partial charge is 0.491 e. The molecule has 0 saturated heterocycles. The third-order valence-electron chi connectivity index (χ3n) is 4.46. The first-order valence-corrected chi connectivity index (χ1v) is 9.60. The number of likely N-dealkylation sites (N-methyl/N-ethyl adjacent to an activating group) is 1. The second kappa shape index (κ2) is 9.55. The molecular formula is C21H30N2O4. The molecule has 6 heteroatoms. The molecule has 0 aromatic heterocycles. The van der Waals surface area contributed by atoms with Crippen molar-refractivity contribution < 1.29 is 19.4 Å². The Bertz CT molecular complexity index is 695. The zero-order chi connectivity index (χ0) is 20.0. The van der Waals surface area contributed by atoms with E-state index >= 15 is 0 Å². The number of rotatable bonds is 10. The van der Waals surface area contributed by atoms with Crippen LogP contribution in [-0.2, 0) is 9.59 Å². The number of carbonyl (C=O) groups excluding carboxylic acids is 2. The van der Waals surface area contributed by atoms with Crippen LogP contribution in [0.4, 0.5) is 0 Å². The number of aliphatic hydroxyl groups excluding tert-OH is 1. The highest BCUT2D eigenvalue weighted by molar-refractivity contribution is 6.35. The smallest absolute Gasteiger partial charge is 0.277 e. The Hall–Kier alpha value is -2.34. The zero-order valence-electron chi connectivity index (χ0n) is 16.7. The minimum absolute atomic E-state index is 0.0602. The number of nitrogens with zero attached hydrogens (tertiary/aromatic N) is 2. The van der Waals surface area contributed by atoms with Gasteiger partial charge in [0.2, 0.25) is 0 Å². The summed E-state index contributed by atoms with van der Waals surface area (Å²) in [6.45, 7) is 6.59. The fourth-order valence-electron chi connectivity index (χ4n) is 3.13. The number of ether oxygens (including phenoxy) is 1. The third-order valence-corrected chi connectivity index (χ3v) is 4.46. The Morgan fingerprint density at radius 3 is 2.33 bits per heavy atom. The summed E-state index contributed by atoms with van der Waals surface area (Å²) in [5.41, 5.74) is 1.42. The summed E-state index contributed by atoms with van der Waals surface area (Å²) in [4.78, 5) is 28.9. The standard InChI is InChI=1S/C21H30N2O4/c1-5-6-7-12-23-20(25)18(19(21(23)26)22(4)13-14-24)16-8-10-17(11-9-16)27-15(2)3/h8-11,15,24H,5-7,12-14H2,1-4H3. The topological polar surface area (TPSA) is 70.1 Å². The molecule has 148 valence electrons. The lowest BCUT2D eigenvalue weighted by atomic mass is 10.0. The molecule has 6 nitrogen and oxygen atoms in total. The van der Waals surface area contributed by atoms with Gasteiger partial charge in [0.05, 0.1) is 18.3 Å². The van der Waals surface area contributed by atoms with Gasteiger partial charge in [0.15, 0.2) is 0 Å². The number of benzene rings is 1.